The molecule has 0 heterocycles. The van der Waals surface area contributed by atoms with Crippen LogP contribution < -0.4 is 10.6 Å². The molecule has 0 spiro atoms. The van der Waals surface area contributed by atoms with E-state index in [1.165, 1.54) is 36.1 Å². The van der Waals surface area contributed by atoms with E-state index in [4.69, 9.17) is 11.0 Å². The van der Waals surface area contributed by atoms with Gasteiger partial charge in [0.25, 0.3) is 0 Å². The van der Waals surface area contributed by atoms with Crippen LogP contribution in [0.1, 0.15) is 43.2 Å². The fourth-order valence-corrected chi connectivity index (χ4v) is 3.61. The van der Waals surface area contributed by atoms with Crippen LogP contribution in [0.25, 0.3) is 0 Å². The predicted molar refractivity (Wildman–Crippen MR) is 81.7 cm³/mol. The van der Waals surface area contributed by atoms with E-state index in [-0.39, 0.29) is 0 Å². The van der Waals surface area contributed by atoms with E-state index < -0.39 is 5.54 Å². The Hall–Kier alpha value is -1.53. The smallest absolute Gasteiger partial charge is 0.104 e. The lowest BCUT2D eigenvalue weighted by Crippen LogP contribution is -2.46. The number of nitrogens with zero attached hydrogens (tertiary/aromatic N) is 2. The minimum absolute atomic E-state index is 0.513. The Morgan fingerprint density at radius 1 is 1.25 bits per heavy atom. The van der Waals surface area contributed by atoms with Gasteiger partial charge in [-0.3, -0.25) is 0 Å². The van der Waals surface area contributed by atoms with Crippen molar-refractivity contribution in [3.05, 3.63) is 29.3 Å². The number of benzene rings is 1. The number of hydrogen-bond acceptors (Lipinski definition) is 3. The zero-order chi connectivity index (χ0) is 14.2. The first kappa shape index (κ1) is 13.5. The molecule has 2 aliphatic rings. The van der Waals surface area contributed by atoms with Crippen molar-refractivity contribution in [1.82, 2.24) is 0 Å². The molecule has 1 aromatic carbocycles. The van der Waals surface area contributed by atoms with Crippen LogP contribution in [-0.2, 0) is 12.8 Å². The minimum Gasteiger partial charge on any atom is -0.372 e. The highest BCUT2D eigenvalue weighted by Gasteiger charge is 2.33. The molecule has 106 valence electrons. The molecule has 1 aromatic rings. The van der Waals surface area contributed by atoms with Crippen molar-refractivity contribution in [3.8, 4) is 6.07 Å². The van der Waals surface area contributed by atoms with Gasteiger partial charge in [-0.2, -0.15) is 5.26 Å². The zero-order valence-electron chi connectivity index (χ0n) is 12.2. The van der Waals surface area contributed by atoms with Crippen molar-refractivity contribution >= 4 is 5.69 Å². The molecule has 0 saturated heterocycles. The molecule has 3 nitrogen and oxygen atoms in total. The lowest BCUT2D eigenvalue weighted by molar-refractivity contribution is 0.327. The molecule has 20 heavy (non-hydrogen) atoms. The van der Waals surface area contributed by atoms with Gasteiger partial charge >= 0.3 is 0 Å². The van der Waals surface area contributed by atoms with Crippen molar-refractivity contribution < 1.29 is 0 Å². The zero-order valence-corrected chi connectivity index (χ0v) is 12.2. The van der Waals surface area contributed by atoms with Gasteiger partial charge in [0.2, 0.25) is 0 Å². The van der Waals surface area contributed by atoms with Crippen LogP contribution in [-0.4, -0.2) is 18.6 Å². The molecule has 1 fully saturated rings. The van der Waals surface area contributed by atoms with Crippen LogP contribution >= 0.6 is 0 Å². The summed E-state index contributed by atoms with van der Waals surface area (Å²) >= 11 is 0. The van der Waals surface area contributed by atoms with Crippen molar-refractivity contribution in [1.29, 1.82) is 5.26 Å². The van der Waals surface area contributed by atoms with E-state index in [1.807, 2.05) is 0 Å². The molecule has 0 atom stereocenters. The number of rotatable bonds is 2. The fourth-order valence-electron chi connectivity index (χ4n) is 3.61. The van der Waals surface area contributed by atoms with Gasteiger partial charge in [0.15, 0.2) is 0 Å². The average molecular weight is 269 g/mol. The van der Waals surface area contributed by atoms with E-state index in [0.717, 1.165) is 25.7 Å². The summed E-state index contributed by atoms with van der Waals surface area (Å²) in [5.74, 6) is 0. The summed E-state index contributed by atoms with van der Waals surface area (Å²) < 4.78 is 0. The molecule has 2 aliphatic carbocycles. The Kier molecular flexibility index (Phi) is 3.43. The number of fused-ring (bicyclic) bond motifs is 1. The quantitative estimate of drug-likeness (QED) is 0.898. The average Bonchev–Trinajstić information content (AvgIpc) is 2.94. The second kappa shape index (κ2) is 5.10. The second-order valence-corrected chi connectivity index (χ2v) is 6.42. The van der Waals surface area contributed by atoms with Gasteiger partial charge in [-0.25, -0.2) is 0 Å². The second-order valence-electron chi connectivity index (χ2n) is 6.42. The van der Waals surface area contributed by atoms with E-state index in [9.17, 15) is 0 Å². The van der Waals surface area contributed by atoms with Gasteiger partial charge in [-0.05, 0) is 68.2 Å². The number of anilines is 1. The maximum Gasteiger partial charge on any atom is 0.104 e. The molecule has 1 saturated carbocycles. The maximum absolute atomic E-state index is 9.11. The normalized spacial score (nSPS) is 28.8. The summed E-state index contributed by atoms with van der Waals surface area (Å²) in [5, 5.41) is 9.11. The number of hydrogen-bond donors (Lipinski definition) is 1. The van der Waals surface area contributed by atoms with Gasteiger partial charge in [0.1, 0.15) is 5.54 Å². The van der Waals surface area contributed by atoms with Gasteiger partial charge in [-0.1, -0.05) is 6.07 Å². The molecule has 0 aliphatic heterocycles. The fraction of sp³-hybridized carbons (Fsp3) is 0.588. The molecule has 0 bridgehead atoms. The number of aryl methyl sites for hydroxylation is 2. The van der Waals surface area contributed by atoms with Crippen molar-refractivity contribution in [2.45, 2.75) is 56.5 Å². The first-order chi connectivity index (χ1) is 9.61. The summed E-state index contributed by atoms with van der Waals surface area (Å²) in [6.07, 6.45) is 7.40. The van der Waals surface area contributed by atoms with Gasteiger partial charge in [0.05, 0.1) is 6.07 Å². The van der Waals surface area contributed by atoms with Crippen molar-refractivity contribution in [3.63, 3.8) is 0 Å². The molecule has 3 rings (SSSR count). The molecular formula is C17H23N3. The molecule has 0 amide bonds. The van der Waals surface area contributed by atoms with Crippen LogP contribution in [0, 0.1) is 11.3 Å². The monoisotopic (exact) mass is 269 g/mol. The first-order valence-electron chi connectivity index (χ1n) is 7.66. The van der Waals surface area contributed by atoms with E-state index in [1.54, 1.807) is 0 Å². The highest BCUT2D eigenvalue weighted by Crippen LogP contribution is 2.32. The SMILES string of the molecule is CN(c1ccc2c(c1)CCC2)C1CCC(N)(C#N)CC1. The molecule has 3 heteroatoms. The summed E-state index contributed by atoms with van der Waals surface area (Å²) in [6.45, 7) is 0. The third-order valence-electron chi connectivity index (χ3n) is 5.11. The summed E-state index contributed by atoms with van der Waals surface area (Å²) in [6, 6.07) is 9.68. The lowest BCUT2D eigenvalue weighted by Gasteiger charge is -2.38. The highest BCUT2D eigenvalue weighted by atomic mass is 15.1. The topological polar surface area (TPSA) is 53.0 Å². The standard InChI is InChI=1S/C17H23N3/c1-20(15-7-9-17(19,12-18)10-8-15)16-6-5-13-3-2-4-14(13)11-16/h5-6,11,15H,2-4,7-10,19H2,1H3. The summed E-state index contributed by atoms with van der Waals surface area (Å²) in [7, 11) is 2.18. The molecule has 0 unspecified atom stereocenters. The van der Waals surface area contributed by atoms with E-state index in [2.05, 4.69) is 36.2 Å². The number of nitriles is 1. The highest BCUT2D eigenvalue weighted by molar-refractivity contribution is 5.52. The Morgan fingerprint density at radius 3 is 2.65 bits per heavy atom. The Labute approximate surface area is 121 Å². The third kappa shape index (κ3) is 2.41. The van der Waals surface area contributed by atoms with Crippen LogP contribution in [0.15, 0.2) is 18.2 Å². The molecule has 0 aromatic heterocycles. The summed E-state index contributed by atoms with van der Waals surface area (Å²) in [4.78, 5) is 2.38. The Morgan fingerprint density at radius 2 is 1.95 bits per heavy atom. The lowest BCUT2D eigenvalue weighted by atomic mass is 9.80. The predicted octanol–water partition coefficient (Wildman–Crippen LogP) is 2.78. The minimum atomic E-state index is -0.588. The maximum atomic E-state index is 9.11. The van der Waals surface area contributed by atoms with Crippen LogP contribution in [0.2, 0.25) is 0 Å². The van der Waals surface area contributed by atoms with E-state index in [0.29, 0.717) is 6.04 Å². The third-order valence-corrected chi connectivity index (χ3v) is 5.11. The van der Waals surface area contributed by atoms with Crippen LogP contribution in [0.5, 0.6) is 0 Å². The van der Waals surface area contributed by atoms with Crippen molar-refractivity contribution in [2.24, 2.45) is 5.73 Å². The van der Waals surface area contributed by atoms with E-state index >= 15 is 0 Å². The Bertz CT molecular complexity index is 536. The van der Waals surface area contributed by atoms with Gasteiger partial charge in [0, 0.05) is 18.8 Å². The molecule has 2 N–H and O–H groups in total. The molecule has 0 radical (unpaired) electrons. The summed E-state index contributed by atoms with van der Waals surface area (Å²) in [5.41, 5.74) is 9.83. The molecular weight excluding hydrogens is 246 g/mol. The van der Waals surface area contributed by atoms with Crippen LogP contribution in [0.3, 0.4) is 0 Å². The van der Waals surface area contributed by atoms with Gasteiger partial charge < -0.3 is 10.6 Å². The number of nitrogens with two attached hydrogens (primary N) is 1. The van der Waals surface area contributed by atoms with Gasteiger partial charge in [-0.15, -0.1) is 0 Å². The van der Waals surface area contributed by atoms with Crippen molar-refractivity contribution in [2.75, 3.05) is 11.9 Å². The Balaban J connectivity index is 1.71. The first-order valence-corrected chi connectivity index (χ1v) is 7.66. The largest absolute Gasteiger partial charge is 0.372 e. The van der Waals surface area contributed by atoms with Crippen LogP contribution in [0.4, 0.5) is 5.69 Å².